The van der Waals surface area contributed by atoms with Crippen LogP contribution in [0.3, 0.4) is 0 Å². The van der Waals surface area contributed by atoms with Gasteiger partial charge in [-0.1, -0.05) is 24.1 Å². The number of nitrogens with two attached hydrogens (primary N) is 1. The first-order valence-corrected chi connectivity index (χ1v) is 12.1. The maximum Gasteiger partial charge on any atom is 0.214 e. The van der Waals surface area contributed by atoms with Gasteiger partial charge in [0.05, 0.1) is 28.8 Å². The molecule has 2 aromatic heterocycles. The van der Waals surface area contributed by atoms with Crippen molar-refractivity contribution in [1.29, 1.82) is 0 Å². The molecule has 7 nitrogen and oxygen atoms in total. The number of fused-ring (bicyclic) bond motifs is 1. The molecule has 5 rings (SSSR count). The molecule has 0 fully saturated rings. The predicted molar refractivity (Wildman–Crippen MR) is 138 cm³/mol. The van der Waals surface area contributed by atoms with Crippen LogP contribution in [0.15, 0.2) is 66.9 Å². The lowest BCUT2D eigenvalue weighted by Gasteiger charge is -2.12. The summed E-state index contributed by atoms with van der Waals surface area (Å²) >= 11 is 1.27. The summed E-state index contributed by atoms with van der Waals surface area (Å²) < 4.78 is 38.2. The van der Waals surface area contributed by atoms with E-state index in [-0.39, 0.29) is 28.6 Å². The van der Waals surface area contributed by atoms with Gasteiger partial charge >= 0.3 is 0 Å². The number of para-hydroxylation sites is 1. The van der Waals surface area contributed by atoms with E-state index in [2.05, 4.69) is 14.8 Å². The molecule has 10 heteroatoms. The molecule has 0 aliphatic heterocycles. The van der Waals surface area contributed by atoms with Crippen molar-refractivity contribution in [3.63, 3.8) is 0 Å². The fourth-order valence-corrected chi connectivity index (χ4v) is 4.29. The van der Waals surface area contributed by atoms with Gasteiger partial charge < -0.3 is 20.2 Å². The second-order valence-corrected chi connectivity index (χ2v) is 8.69. The summed E-state index contributed by atoms with van der Waals surface area (Å²) in [6, 6.07) is 15.8. The van der Waals surface area contributed by atoms with Crippen molar-refractivity contribution in [2.24, 2.45) is 0 Å². The minimum absolute atomic E-state index is 0.116. The van der Waals surface area contributed by atoms with E-state index in [1.165, 1.54) is 35.0 Å². The number of aromatic nitrogens is 3. The molecule has 0 aliphatic rings. The Morgan fingerprint density at radius 1 is 1.11 bits per heavy atom. The number of carbonyl (C=O) groups is 1. The largest absolute Gasteiger partial charge is 0.454 e. The van der Waals surface area contributed by atoms with Crippen LogP contribution < -0.4 is 15.2 Å². The molecule has 3 aromatic carbocycles. The lowest BCUT2D eigenvalue weighted by Crippen LogP contribution is -2.08. The summed E-state index contributed by atoms with van der Waals surface area (Å²) in [7, 11) is 0. The molecule has 0 saturated heterocycles. The lowest BCUT2D eigenvalue weighted by atomic mass is 10.1. The van der Waals surface area contributed by atoms with E-state index in [4.69, 9.17) is 10.5 Å². The number of aromatic amines is 1. The molecule has 0 saturated carbocycles. The predicted octanol–water partition coefficient (Wildman–Crippen LogP) is 6.24. The number of benzene rings is 3. The van der Waals surface area contributed by atoms with Crippen LogP contribution in [0.2, 0.25) is 0 Å². The average Bonchev–Trinajstić information content (AvgIpc) is 3.44. The van der Waals surface area contributed by atoms with Gasteiger partial charge in [-0.05, 0) is 61.0 Å². The minimum atomic E-state index is -0.463. The van der Waals surface area contributed by atoms with Crippen molar-refractivity contribution >= 4 is 40.1 Å². The van der Waals surface area contributed by atoms with E-state index in [9.17, 15) is 13.6 Å². The Bertz CT molecular complexity index is 1610. The van der Waals surface area contributed by atoms with Crippen LogP contribution >= 0.6 is 11.9 Å². The Balaban J connectivity index is 1.43. The van der Waals surface area contributed by atoms with Gasteiger partial charge in [0.15, 0.2) is 11.6 Å². The van der Waals surface area contributed by atoms with Crippen LogP contribution in [-0.2, 0) is 0 Å². The fourth-order valence-electron chi connectivity index (χ4n) is 3.92. The van der Waals surface area contributed by atoms with Crippen LogP contribution in [0.4, 0.5) is 20.3 Å². The third kappa shape index (κ3) is 4.27. The number of halogens is 2. The van der Waals surface area contributed by atoms with Crippen molar-refractivity contribution in [2.75, 3.05) is 16.7 Å². The zero-order valence-electron chi connectivity index (χ0n) is 19.3. The molecular weight excluding hydrogens is 484 g/mol. The summed E-state index contributed by atoms with van der Waals surface area (Å²) in [5, 5.41) is 4.88. The fraction of sp³-hybridized carbons (Fsp3) is 0.0769. The van der Waals surface area contributed by atoms with Crippen LogP contribution in [0, 0.1) is 18.6 Å². The molecule has 4 N–H and O–H groups in total. The van der Waals surface area contributed by atoms with Crippen molar-refractivity contribution in [1.82, 2.24) is 14.8 Å². The summed E-state index contributed by atoms with van der Waals surface area (Å²) in [5.41, 5.74) is 9.12. The average molecular weight is 506 g/mol. The highest BCUT2D eigenvalue weighted by molar-refractivity contribution is 7.99. The van der Waals surface area contributed by atoms with Gasteiger partial charge in [-0.25, -0.2) is 13.5 Å². The summed E-state index contributed by atoms with van der Waals surface area (Å²) in [6.07, 6.45) is 3.19. The second kappa shape index (κ2) is 9.38. The van der Waals surface area contributed by atoms with E-state index < -0.39 is 11.6 Å². The molecular formula is C26H21F2N5O2S. The summed E-state index contributed by atoms with van der Waals surface area (Å²) in [4.78, 5) is 16.3. The molecule has 0 aliphatic carbocycles. The Morgan fingerprint density at radius 3 is 2.67 bits per heavy atom. The Morgan fingerprint density at radius 2 is 1.92 bits per heavy atom. The molecule has 0 bridgehead atoms. The van der Waals surface area contributed by atoms with Crippen molar-refractivity contribution < 1.29 is 18.3 Å². The van der Waals surface area contributed by atoms with E-state index in [0.29, 0.717) is 28.0 Å². The Hall–Kier alpha value is -4.31. The van der Waals surface area contributed by atoms with Crippen molar-refractivity contribution in [2.45, 2.75) is 6.92 Å². The van der Waals surface area contributed by atoms with Gasteiger partial charge in [0, 0.05) is 17.2 Å². The number of nitrogen functional groups attached to an aromatic ring is 1. The first-order valence-electron chi connectivity index (χ1n) is 10.9. The van der Waals surface area contributed by atoms with Crippen LogP contribution in [0.25, 0.3) is 16.6 Å². The molecule has 0 spiro atoms. The second-order valence-electron chi connectivity index (χ2n) is 8.07. The molecule has 0 amide bonds. The standard InChI is InChI=1S/C26H21F2N5O2S/c1-14-9-16(35-24-6-4-3-5-18(24)27)7-8-23(14)33-26(29)17(13-30-33)25(34)22-11-15-10-19(28)21(32-36-2)12-20(15)31-22/h3-13,31-32H,29H2,1-2H3. The van der Waals surface area contributed by atoms with Gasteiger partial charge in [0.2, 0.25) is 5.78 Å². The van der Waals surface area contributed by atoms with Gasteiger partial charge in [-0.15, -0.1) is 0 Å². The van der Waals surface area contributed by atoms with Gasteiger partial charge in [-0.3, -0.25) is 4.79 Å². The number of hydrogen-bond acceptors (Lipinski definition) is 6. The highest BCUT2D eigenvalue weighted by Crippen LogP contribution is 2.30. The molecule has 0 radical (unpaired) electrons. The van der Waals surface area contributed by atoms with Crippen molar-refractivity contribution in [3.05, 3.63) is 95.3 Å². The molecule has 5 aromatic rings. The Kier molecular flexibility index (Phi) is 6.11. The van der Waals surface area contributed by atoms with E-state index in [1.54, 1.807) is 54.8 Å². The lowest BCUT2D eigenvalue weighted by molar-refractivity contribution is 0.103. The number of ether oxygens (including phenoxy) is 1. The first kappa shape index (κ1) is 23.4. The zero-order chi connectivity index (χ0) is 25.4. The maximum absolute atomic E-state index is 14.3. The van der Waals surface area contributed by atoms with Gasteiger partial charge in [-0.2, -0.15) is 5.10 Å². The van der Waals surface area contributed by atoms with E-state index in [0.717, 1.165) is 5.56 Å². The maximum atomic E-state index is 14.3. The SMILES string of the molecule is CSNc1cc2[nH]c(C(=O)c3cnn(-c4ccc(Oc5ccccc5F)cc4C)c3N)cc2cc1F. The monoisotopic (exact) mass is 505 g/mol. The van der Waals surface area contributed by atoms with Crippen LogP contribution in [0.5, 0.6) is 11.5 Å². The number of hydrogen-bond donors (Lipinski definition) is 3. The van der Waals surface area contributed by atoms with Gasteiger partial charge in [0.1, 0.15) is 17.4 Å². The number of H-pyrrole nitrogens is 1. The summed E-state index contributed by atoms with van der Waals surface area (Å²) in [5.74, 6) is -0.530. The molecule has 2 heterocycles. The molecule has 0 atom stereocenters. The number of ketones is 1. The molecule has 0 unspecified atom stereocenters. The normalized spacial score (nSPS) is 11.1. The number of carbonyl (C=O) groups excluding carboxylic acids is 1. The minimum Gasteiger partial charge on any atom is -0.454 e. The number of aryl methyl sites for hydroxylation is 1. The highest BCUT2D eigenvalue weighted by atomic mass is 32.2. The van der Waals surface area contributed by atoms with Crippen LogP contribution in [0.1, 0.15) is 21.6 Å². The van der Waals surface area contributed by atoms with E-state index >= 15 is 0 Å². The summed E-state index contributed by atoms with van der Waals surface area (Å²) in [6.45, 7) is 1.83. The third-order valence-electron chi connectivity index (χ3n) is 5.68. The first-order chi connectivity index (χ1) is 17.4. The van der Waals surface area contributed by atoms with Crippen molar-refractivity contribution in [3.8, 4) is 17.2 Å². The number of nitrogens with one attached hydrogen (secondary N) is 2. The third-order valence-corrected chi connectivity index (χ3v) is 6.10. The number of anilines is 2. The quantitative estimate of drug-likeness (QED) is 0.179. The number of rotatable bonds is 7. The zero-order valence-corrected chi connectivity index (χ0v) is 20.1. The van der Waals surface area contributed by atoms with E-state index in [1.807, 2.05) is 6.92 Å². The highest BCUT2D eigenvalue weighted by Gasteiger charge is 2.21. The van der Waals surface area contributed by atoms with Gasteiger partial charge in [0.25, 0.3) is 0 Å². The van der Waals surface area contributed by atoms with Crippen LogP contribution in [-0.4, -0.2) is 26.8 Å². The smallest absolute Gasteiger partial charge is 0.214 e. The Labute approximate surface area is 209 Å². The number of nitrogens with zero attached hydrogens (tertiary/aromatic N) is 2. The molecule has 36 heavy (non-hydrogen) atoms. The topological polar surface area (TPSA) is 98.0 Å². The molecule has 182 valence electrons.